The minimum atomic E-state index is -0.441. The number of benzene rings is 1. The van der Waals surface area contributed by atoms with Gasteiger partial charge in [0.25, 0.3) is 0 Å². The van der Waals surface area contributed by atoms with Gasteiger partial charge in [0.1, 0.15) is 16.2 Å². The molecule has 2 aromatic heterocycles. The van der Waals surface area contributed by atoms with Crippen molar-refractivity contribution in [2.45, 2.75) is 13.3 Å². The third kappa shape index (κ3) is 2.98. The Morgan fingerprint density at radius 3 is 2.77 bits per heavy atom. The number of rotatable bonds is 3. The molecular weight excluding hydrogens is 368 g/mol. The molecule has 6 heteroatoms. The first kappa shape index (κ1) is 15.0. The summed E-state index contributed by atoms with van der Waals surface area (Å²) in [6.07, 6.45) is 0.727. The zero-order valence-corrected chi connectivity index (χ0v) is 14.0. The smallest absolute Gasteiger partial charge is 0.353 e. The third-order valence-electron chi connectivity index (χ3n) is 3.17. The zero-order chi connectivity index (χ0) is 15.7. The number of hydrogen-bond acceptors (Lipinski definition) is 5. The predicted octanol–water partition coefficient (Wildman–Crippen LogP) is 4.40. The molecule has 3 rings (SSSR count). The number of ether oxygens (including phenoxy) is 1. The Labute approximate surface area is 138 Å². The molecule has 0 atom stereocenters. The second-order valence-corrected chi connectivity index (χ2v) is 7.06. The summed E-state index contributed by atoms with van der Waals surface area (Å²) in [5.41, 5.74) is 0.920. The first-order chi connectivity index (χ1) is 10.6. The quantitative estimate of drug-likeness (QED) is 0.385. The number of halogens is 1. The Morgan fingerprint density at radius 2 is 2.09 bits per heavy atom. The fourth-order valence-electron chi connectivity index (χ4n) is 2.15. The number of esters is 1. The average molecular weight is 379 g/mol. The highest BCUT2D eigenvalue weighted by molar-refractivity contribution is 9.11. The van der Waals surface area contributed by atoms with Crippen molar-refractivity contribution < 1.29 is 13.9 Å². The summed E-state index contributed by atoms with van der Waals surface area (Å²) >= 11 is 4.60. The van der Waals surface area contributed by atoms with Crippen molar-refractivity contribution in [3.63, 3.8) is 0 Å². The van der Waals surface area contributed by atoms with Gasteiger partial charge in [0, 0.05) is 17.5 Å². The molecule has 0 aliphatic carbocycles. The van der Waals surface area contributed by atoms with Crippen LogP contribution in [0.5, 0.6) is 5.75 Å². The lowest BCUT2D eigenvalue weighted by atomic mass is 10.1. The van der Waals surface area contributed by atoms with Crippen LogP contribution in [0.2, 0.25) is 0 Å². The van der Waals surface area contributed by atoms with E-state index in [0.29, 0.717) is 16.2 Å². The molecule has 112 valence electrons. The predicted molar refractivity (Wildman–Crippen MR) is 88.8 cm³/mol. The van der Waals surface area contributed by atoms with E-state index in [1.165, 1.54) is 17.4 Å². The number of thiophene rings is 1. The van der Waals surface area contributed by atoms with Gasteiger partial charge < -0.3 is 9.15 Å². The molecule has 0 N–H and O–H groups in total. The van der Waals surface area contributed by atoms with E-state index in [-0.39, 0.29) is 0 Å². The maximum Gasteiger partial charge on any atom is 0.353 e. The summed E-state index contributed by atoms with van der Waals surface area (Å²) in [6, 6.07) is 10.0. The summed E-state index contributed by atoms with van der Waals surface area (Å²) < 4.78 is 11.4. The van der Waals surface area contributed by atoms with Gasteiger partial charge in [-0.15, -0.1) is 11.3 Å². The summed E-state index contributed by atoms with van der Waals surface area (Å²) in [7, 11) is 0. The van der Waals surface area contributed by atoms with Crippen molar-refractivity contribution in [2.24, 2.45) is 0 Å². The number of carbonyl (C=O) groups is 1. The summed E-state index contributed by atoms with van der Waals surface area (Å²) in [5, 5.41) is 0.848. The normalized spacial score (nSPS) is 10.8. The Morgan fingerprint density at radius 1 is 1.27 bits per heavy atom. The second-order valence-electron chi connectivity index (χ2n) is 4.60. The molecule has 1 aromatic carbocycles. The van der Waals surface area contributed by atoms with Crippen molar-refractivity contribution in [3.8, 4) is 5.75 Å². The standard InChI is InChI=1S/C16H11BrO4S/c1-2-9-7-15(18)21-12-8-10(3-4-11(9)12)20-16(19)13-5-6-14(17)22-13/h3-8H,2H2,1H3. The molecule has 0 aliphatic heterocycles. The maximum absolute atomic E-state index is 12.0. The van der Waals surface area contributed by atoms with Crippen molar-refractivity contribution in [1.82, 2.24) is 0 Å². The third-order valence-corrected chi connectivity index (χ3v) is 4.77. The molecule has 0 fully saturated rings. The zero-order valence-electron chi connectivity index (χ0n) is 11.6. The van der Waals surface area contributed by atoms with Gasteiger partial charge in [0.15, 0.2) is 0 Å². The number of fused-ring (bicyclic) bond motifs is 1. The topological polar surface area (TPSA) is 56.5 Å². The monoisotopic (exact) mass is 378 g/mol. The molecule has 0 saturated carbocycles. The lowest BCUT2D eigenvalue weighted by molar-refractivity contribution is 0.0740. The molecule has 0 bridgehead atoms. The number of hydrogen-bond donors (Lipinski definition) is 0. The second kappa shape index (κ2) is 6.06. The van der Waals surface area contributed by atoms with Crippen LogP contribution in [0.1, 0.15) is 22.2 Å². The first-order valence-corrected chi connectivity index (χ1v) is 8.22. The molecule has 4 nitrogen and oxygen atoms in total. The van der Waals surface area contributed by atoms with Gasteiger partial charge >= 0.3 is 11.6 Å². The van der Waals surface area contributed by atoms with E-state index in [4.69, 9.17) is 9.15 Å². The van der Waals surface area contributed by atoms with Crippen LogP contribution in [0.25, 0.3) is 11.0 Å². The Kier molecular flexibility index (Phi) is 4.13. The number of carbonyl (C=O) groups excluding carboxylic acids is 1. The number of aryl methyl sites for hydroxylation is 1. The van der Waals surface area contributed by atoms with Crippen LogP contribution >= 0.6 is 27.3 Å². The van der Waals surface area contributed by atoms with Gasteiger partial charge in [0.2, 0.25) is 0 Å². The van der Waals surface area contributed by atoms with Crippen LogP contribution in [0.3, 0.4) is 0 Å². The largest absolute Gasteiger partial charge is 0.423 e. The van der Waals surface area contributed by atoms with E-state index < -0.39 is 11.6 Å². The van der Waals surface area contributed by atoms with Gasteiger partial charge in [-0.1, -0.05) is 6.92 Å². The Hall–Kier alpha value is -1.92. The van der Waals surface area contributed by atoms with Crippen LogP contribution in [-0.2, 0) is 6.42 Å². The Balaban J connectivity index is 1.95. The highest BCUT2D eigenvalue weighted by Gasteiger charge is 2.12. The van der Waals surface area contributed by atoms with E-state index in [2.05, 4.69) is 15.9 Å². The molecule has 0 unspecified atom stereocenters. The lowest BCUT2D eigenvalue weighted by Gasteiger charge is -2.06. The molecule has 22 heavy (non-hydrogen) atoms. The van der Waals surface area contributed by atoms with Gasteiger partial charge in [-0.3, -0.25) is 0 Å². The van der Waals surface area contributed by atoms with Crippen molar-refractivity contribution in [3.05, 3.63) is 61.0 Å². The van der Waals surface area contributed by atoms with E-state index in [1.54, 1.807) is 30.3 Å². The van der Waals surface area contributed by atoms with Crippen molar-refractivity contribution >= 4 is 44.2 Å². The van der Waals surface area contributed by atoms with Crippen LogP contribution < -0.4 is 10.4 Å². The molecule has 3 aromatic rings. The maximum atomic E-state index is 12.0. The van der Waals surface area contributed by atoms with E-state index in [1.807, 2.05) is 6.92 Å². The summed E-state index contributed by atoms with van der Waals surface area (Å²) in [5.74, 6) is -0.0949. The molecule has 0 amide bonds. The molecule has 0 aliphatic rings. The van der Waals surface area contributed by atoms with Gasteiger partial charge in [-0.25, -0.2) is 9.59 Å². The van der Waals surface area contributed by atoms with Crippen LogP contribution in [0, 0.1) is 0 Å². The molecular formula is C16H11BrO4S. The highest BCUT2D eigenvalue weighted by Crippen LogP contribution is 2.26. The minimum absolute atomic E-state index is 0.346. The van der Waals surface area contributed by atoms with E-state index in [9.17, 15) is 9.59 Å². The molecule has 0 radical (unpaired) electrons. The van der Waals surface area contributed by atoms with Crippen LogP contribution in [0.4, 0.5) is 0 Å². The average Bonchev–Trinajstić information content (AvgIpc) is 2.92. The highest BCUT2D eigenvalue weighted by atomic mass is 79.9. The van der Waals surface area contributed by atoms with Gasteiger partial charge in [-0.05, 0) is 52.2 Å². The SMILES string of the molecule is CCc1cc(=O)oc2cc(OC(=O)c3ccc(Br)s3)ccc12. The summed E-state index contributed by atoms with van der Waals surface area (Å²) in [4.78, 5) is 24.1. The van der Waals surface area contributed by atoms with Crippen molar-refractivity contribution in [1.29, 1.82) is 0 Å². The Bertz CT molecular complexity index is 910. The van der Waals surface area contributed by atoms with Crippen molar-refractivity contribution in [2.75, 3.05) is 0 Å². The van der Waals surface area contributed by atoms with E-state index in [0.717, 1.165) is 21.2 Å². The molecule has 0 spiro atoms. The minimum Gasteiger partial charge on any atom is -0.423 e. The van der Waals surface area contributed by atoms with E-state index >= 15 is 0 Å². The molecule has 2 heterocycles. The first-order valence-electron chi connectivity index (χ1n) is 6.61. The van der Waals surface area contributed by atoms with Crippen LogP contribution in [-0.4, -0.2) is 5.97 Å². The van der Waals surface area contributed by atoms with Gasteiger partial charge in [-0.2, -0.15) is 0 Å². The summed E-state index contributed by atoms with van der Waals surface area (Å²) in [6.45, 7) is 1.97. The fraction of sp³-hybridized carbons (Fsp3) is 0.125. The molecule has 0 saturated heterocycles. The lowest BCUT2D eigenvalue weighted by Crippen LogP contribution is -2.06. The van der Waals surface area contributed by atoms with Gasteiger partial charge in [0.05, 0.1) is 3.79 Å². The van der Waals surface area contributed by atoms with Crippen LogP contribution in [0.15, 0.2) is 49.4 Å². The fourth-order valence-corrected chi connectivity index (χ4v) is 3.41.